The minimum Gasteiger partial charge on any atom is -0.326 e. The molecule has 6 nitrogen and oxygen atoms in total. The molecule has 0 aliphatic rings. The van der Waals surface area contributed by atoms with Crippen molar-refractivity contribution in [1.29, 1.82) is 0 Å². The van der Waals surface area contributed by atoms with Crippen molar-refractivity contribution < 1.29 is 4.79 Å². The third-order valence-electron chi connectivity index (χ3n) is 2.51. The van der Waals surface area contributed by atoms with Crippen LogP contribution < -0.4 is 5.32 Å². The van der Waals surface area contributed by atoms with Crippen LogP contribution in [-0.2, 0) is 4.79 Å². The van der Waals surface area contributed by atoms with Gasteiger partial charge in [0.25, 0.3) is 0 Å². The van der Waals surface area contributed by atoms with Gasteiger partial charge in [-0.3, -0.25) is 4.79 Å². The molecule has 1 amide bonds. The minimum absolute atomic E-state index is 0.0860. The highest BCUT2D eigenvalue weighted by Crippen LogP contribution is 2.08. The average Bonchev–Trinajstić information content (AvgIpc) is 2.68. The molecule has 0 radical (unpaired) electrons. The highest BCUT2D eigenvalue weighted by atomic mass is 16.1. The molecule has 1 N–H and O–H groups in total. The van der Waals surface area contributed by atoms with E-state index in [0.717, 1.165) is 22.9 Å². The number of amides is 1. The fraction of sp³-hybridized carbons (Fsp3) is 0.231. The summed E-state index contributed by atoms with van der Waals surface area (Å²) in [6.45, 7) is 5.17. The van der Waals surface area contributed by atoms with Gasteiger partial charge in [0.15, 0.2) is 11.6 Å². The largest absolute Gasteiger partial charge is 0.326 e. The number of hydrogen-bond donors (Lipinski definition) is 1. The van der Waals surface area contributed by atoms with Gasteiger partial charge in [0.2, 0.25) is 5.91 Å². The van der Waals surface area contributed by atoms with Crippen LogP contribution in [0.2, 0.25) is 0 Å². The van der Waals surface area contributed by atoms with Gasteiger partial charge in [0, 0.05) is 12.6 Å². The highest BCUT2D eigenvalue weighted by molar-refractivity contribution is 5.89. The van der Waals surface area contributed by atoms with Gasteiger partial charge >= 0.3 is 0 Å². The lowest BCUT2D eigenvalue weighted by molar-refractivity contribution is -0.114. The predicted octanol–water partition coefficient (Wildman–Crippen LogP) is 1.74. The van der Waals surface area contributed by atoms with E-state index in [1.165, 1.54) is 6.92 Å². The first kappa shape index (κ1) is 12.9. The maximum absolute atomic E-state index is 10.9. The number of anilines is 1. The molecule has 0 spiro atoms. The van der Waals surface area contributed by atoms with Gasteiger partial charge in [-0.2, -0.15) is 5.10 Å². The van der Waals surface area contributed by atoms with Crippen LogP contribution in [0.1, 0.15) is 24.1 Å². The van der Waals surface area contributed by atoms with Gasteiger partial charge < -0.3 is 5.32 Å². The zero-order chi connectivity index (χ0) is 13.8. The van der Waals surface area contributed by atoms with Crippen LogP contribution in [0.25, 0.3) is 0 Å². The summed E-state index contributed by atoms with van der Waals surface area (Å²) in [6, 6.07) is 7.41. The van der Waals surface area contributed by atoms with Gasteiger partial charge in [0.05, 0.1) is 6.21 Å². The number of hydrogen-bond acceptors (Lipinski definition) is 4. The fourth-order valence-electron chi connectivity index (χ4n) is 1.61. The summed E-state index contributed by atoms with van der Waals surface area (Å²) < 4.78 is 1.67. The summed E-state index contributed by atoms with van der Waals surface area (Å²) in [5, 5.41) is 14.9. The summed E-state index contributed by atoms with van der Waals surface area (Å²) >= 11 is 0. The van der Waals surface area contributed by atoms with Gasteiger partial charge in [0.1, 0.15) is 0 Å². The Hall–Kier alpha value is -2.50. The molecule has 0 saturated carbocycles. The van der Waals surface area contributed by atoms with E-state index in [-0.39, 0.29) is 5.91 Å². The van der Waals surface area contributed by atoms with E-state index in [1.807, 2.05) is 38.1 Å². The van der Waals surface area contributed by atoms with Crippen LogP contribution in [-0.4, -0.2) is 27.0 Å². The summed E-state index contributed by atoms with van der Waals surface area (Å²) in [6.07, 6.45) is 1.72. The Morgan fingerprint density at radius 2 is 1.79 bits per heavy atom. The molecule has 0 aliphatic heterocycles. The first-order chi connectivity index (χ1) is 9.06. The third kappa shape index (κ3) is 3.25. The summed E-state index contributed by atoms with van der Waals surface area (Å²) in [7, 11) is 0. The highest BCUT2D eigenvalue weighted by Gasteiger charge is 2.01. The Morgan fingerprint density at radius 3 is 2.32 bits per heavy atom. The quantitative estimate of drug-likeness (QED) is 0.851. The first-order valence-corrected chi connectivity index (χ1v) is 5.87. The molecule has 0 saturated heterocycles. The Balaban J connectivity index is 2.13. The fourth-order valence-corrected chi connectivity index (χ4v) is 1.61. The lowest BCUT2D eigenvalue weighted by Gasteiger charge is -2.02. The second-order valence-corrected chi connectivity index (χ2v) is 4.15. The maximum atomic E-state index is 10.9. The molecular weight excluding hydrogens is 242 g/mol. The molecule has 0 atom stereocenters. The second-order valence-electron chi connectivity index (χ2n) is 4.15. The van der Waals surface area contributed by atoms with Crippen LogP contribution in [0.5, 0.6) is 0 Å². The van der Waals surface area contributed by atoms with Crippen molar-refractivity contribution in [2.24, 2.45) is 5.10 Å². The number of nitrogens with zero attached hydrogens (tertiary/aromatic N) is 4. The Morgan fingerprint density at radius 1 is 1.21 bits per heavy atom. The monoisotopic (exact) mass is 257 g/mol. The van der Waals surface area contributed by atoms with E-state index < -0.39 is 0 Å². The number of aromatic nitrogens is 3. The summed E-state index contributed by atoms with van der Waals surface area (Å²) in [4.78, 5) is 10.9. The zero-order valence-electron chi connectivity index (χ0n) is 11.1. The second kappa shape index (κ2) is 5.43. The van der Waals surface area contributed by atoms with E-state index >= 15 is 0 Å². The van der Waals surface area contributed by atoms with Crippen molar-refractivity contribution in [3.8, 4) is 0 Å². The van der Waals surface area contributed by atoms with Crippen molar-refractivity contribution in [1.82, 2.24) is 14.9 Å². The van der Waals surface area contributed by atoms with Crippen molar-refractivity contribution in [3.63, 3.8) is 0 Å². The molecular formula is C13H15N5O. The molecule has 98 valence electrons. The van der Waals surface area contributed by atoms with Crippen molar-refractivity contribution in [2.75, 3.05) is 5.32 Å². The number of benzene rings is 1. The van der Waals surface area contributed by atoms with E-state index in [0.29, 0.717) is 0 Å². The molecule has 1 aromatic carbocycles. The van der Waals surface area contributed by atoms with Crippen molar-refractivity contribution in [3.05, 3.63) is 41.5 Å². The van der Waals surface area contributed by atoms with Gasteiger partial charge in [-0.1, -0.05) is 12.1 Å². The van der Waals surface area contributed by atoms with Crippen LogP contribution in [0.4, 0.5) is 5.69 Å². The minimum atomic E-state index is -0.0860. The Kier molecular flexibility index (Phi) is 3.70. The molecule has 1 heterocycles. The van der Waals surface area contributed by atoms with E-state index in [4.69, 9.17) is 0 Å². The average molecular weight is 257 g/mol. The number of carbonyl (C=O) groups is 1. The molecule has 6 heteroatoms. The van der Waals surface area contributed by atoms with Gasteiger partial charge in [-0.05, 0) is 31.5 Å². The number of rotatable bonds is 3. The van der Waals surface area contributed by atoms with Crippen molar-refractivity contribution in [2.45, 2.75) is 20.8 Å². The van der Waals surface area contributed by atoms with Gasteiger partial charge in [-0.15, -0.1) is 10.2 Å². The normalized spacial score (nSPS) is 10.9. The van der Waals surface area contributed by atoms with E-state index in [9.17, 15) is 4.79 Å². The molecule has 0 fully saturated rings. The molecule has 0 unspecified atom stereocenters. The Bertz CT molecular complexity index is 593. The molecule has 2 aromatic rings. The van der Waals surface area contributed by atoms with Gasteiger partial charge in [-0.25, -0.2) is 4.68 Å². The predicted molar refractivity (Wildman–Crippen MR) is 73.2 cm³/mol. The number of nitrogens with one attached hydrogen (secondary N) is 1. The zero-order valence-corrected chi connectivity index (χ0v) is 11.1. The Labute approximate surface area is 111 Å². The van der Waals surface area contributed by atoms with E-state index in [1.54, 1.807) is 10.9 Å². The van der Waals surface area contributed by atoms with E-state index in [2.05, 4.69) is 20.6 Å². The summed E-state index contributed by atoms with van der Waals surface area (Å²) in [5.74, 6) is 1.39. The molecule has 19 heavy (non-hydrogen) atoms. The molecule has 0 bridgehead atoms. The van der Waals surface area contributed by atoms with Crippen LogP contribution >= 0.6 is 0 Å². The lowest BCUT2D eigenvalue weighted by Crippen LogP contribution is -2.05. The maximum Gasteiger partial charge on any atom is 0.221 e. The summed E-state index contributed by atoms with van der Waals surface area (Å²) in [5.41, 5.74) is 1.70. The number of aryl methyl sites for hydroxylation is 2. The van der Waals surface area contributed by atoms with Crippen LogP contribution in [0, 0.1) is 13.8 Å². The first-order valence-electron chi connectivity index (χ1n) is 5.87. The topological polar surface area (TPSA) is 72.2 Å². The third-order valence-corrected chi connectivity index (χ3v) is 2.51. The SMILES string of the molecule is CC(=O)Nc1ccc(C=Nn2c(C)nnc2C)cc1. The molecule has 1 aromatic heterocycles. The standard InChI is InChI=1S/C13H15N5O/c1-9-16-17-10(2)18(9)14-8-12-4-6-13(7-5-12)15-11(3)19/h4-8H,1-3H3,(H,15,19). The lowest BCUT2D eigenvalue weighted by atomic mass is 10.2. The van der Waals surface area contributed by atoms with Crippen LogP contribution in [0.15, 0.2) is 29.4 Å². The van der Waals surface area contributed by atoms with Crippen molar-refractivity contribution >= 4 is 17.8 Å². The number of carbonyl (C=O) groups excluding carboxylic acids is 1. The smallest absolute Gasteiger partial charge is 0.221 e. The van der Waals surface area contributed by atoms with Crippen LogP contribution in [0.3, 0.4) is 0 Å². The molecule has 2 rings (SSSR count). The molecule has 0 aliphatic carbocycles.